The molecule has 0 saturated carbocycles. The molecule has 0 aromatic carbocycles. The van der Waals surface area contributed by atoms with Crippen LogP contribution in [0.15, 0.2) is 24.8 Å². The third kappa shape index (κ3) is 24.9. The number of rotatable bonds is 4. The van der Waals surface area contributed by atoms with Crippen LogP contribution in [0.4, 0.5) is 0 Å². The van der Waals surface area contributed by atoms with Crippen LogP contribution in [0.3, 0.4) is 0 Å². The van der Waals surface area contributed by atoms with Crippen molar-refractivity contribution in [2.45, 2.75) is 26.2 Å². The fourth-order valence-corrected chi connectivity index (χ4v) is 0.514. The topological polar surface area (TPSA) is 0 Å². The number of unbranched alkanes of at least 4 members (excludes halogenated alkanes) is 2. The minimum atomic E-state index is -0.472. The molecule has 0 aromatic rings. The first kappa shape index (κ1) is 14.3. The van der Waals surface area contributed by atoms with Crippen molar-refractivity contribution in [3.8, 4) is 0 Å². The van der Waals surface area contributed by atoms with Gasteiger partial charge in [0.05, 0.1) is 0 Å². The predicted octanol–water partition coefficient (Wildman–Crippen LogP) is 4.30. The van der Waals surface area contributed by atoms with E-state index in [2.05, 4.69) is 19.6 Å². The van der Waals surface area contributed by atoms with Crippen molar-refractivity contribution in [2.24, 2.45) is 0 Å². The van der Waals surface area contributed by atoms with Gasteiger partial charge >= 0.3 is 35.3 Å². The summed E-state index contributed by atoms with van der Waals surface area (Å²) in [5, 5.41) is 0. The monoisotopic (exact) mass is 375 g/mol. The average Bonchev–Trinajstić information content (AvgIpc) is 2.00. The molecule has 0 bridgehead atoms. The Bertz CT molecular complexity index is 92.1. The fourth-order valence-electron chi connectivity index (χ4n) is 0.514. The van der Waals surface area contributed by atoms with E-state index >= 15 is 0 Å². The summed E-state index contributed by atoms with van der Waals surface area (Å²) in [5.41, 5.74) is 0. The molecule has 0 aliphatic heterocycles. The molecule has 11 heavy (non-hydrogen) atoms. The molecule has 0 spiro atoms. The Morgan fingerprint density at radius 3 is 2.36 bits per heavy atom. The van der Waals surface area contributed by atoms with Gasteiger partial charge in [-0.1, -0.05) is 44.6 Å². The van der Waals surface area contributed by atoms with Crippen molar-refractivity contribution >= 4 is 18.8 Å². The van der Waals surface area contributed by atoms with Gasteiger partial charge in [0.1, 0.15) is 0 Å². The van der Waals surface area contributed by atoms with Gasteiger partial charge in [0, 0.05) is 0 Å². The van der Waals surface area contributed by atoms with Gasteiger partial charge in [-0.15, -0.1) is 0 Å². The second kappa shape index (κ2) is 17.0. The van der Waals surface area contributed by atoms with Crippen LogP contribution in [0, 0.1) is 0 Å². The van der Waals surface area contributed by atoms with E-state index in [4.69, 9.17) is 18.8 Å². The molecule has 0 atom stereocenters. The Morgan fingerprint density at radius 1 is 1.45 bits per heavy atom. The van der Waals surface area contributed by atoms with Crippen LogP contribution < -0.4 is 0 Å². The first-order chi connectivity index (χ1) is 5.33. The Kier molecular flexibility index (Phi) is 22.1. The van der Waals surface area contributed by atoms with E-state index in [1.807, 2.05) is 12.2 Å². The van der Waals surface area contributed by atoms with Gasteiger partial charge in [-0.2, -0.15) is 0 Å². The van der Waals surface area contributed by atoms with Crippen molar-refractivity contribution in [2.75, 3.05) is 0 Å². The molecule has 0 rings (SSSR count). The van der Waals surface area contributed by atoms with Crippen molar-refractivity contribution < 1.29 is 16.5 Å². The van der Waals surface area contributed by atoms with Gasteiger partial charge in [0.15, 0.2) is 0 Å². The second-order valence-electron chi connectivity index (χ2n) is 1.85. The zero-order chi connectivity index (χ0) is 8.95. The normalized spacial score (nSPS) is 9.36. The molecule has 3 heteroatoms. The van der Waals surface area contributed by atoms with Gasteiger partial charge in [-0.25, -0.2) is 0 Å². The van der Waals surface area contributed by atoms with Gasteiger partial charge in [-0.05, 0) is 6.42 Å². The molecule has 0 unspecified atom stereocenters. The van der Waals surface area contributed by atoms with Gasteiger partial charge in [0.25, 0.3) is 0 Å². The molecule has 0 aliphatic rings. The van der Waals surface area contributed by atoms with Crippen LogP contribution in [0.1, 0.15) is 26.2 Å². The van der Waals surface area contributed by atoms with E-state index in [1.54, 1.807) is 0 Å². The Balaban J connectivity index is 0. The summed E-state index contributed by atoms with van der Waals surface area (Å²) < 4.78 is 0. The Hall–Kier alpha value is 0.748. The second-order valence-corrected chi connectivity index (χ2v) is 5.13. The van der Waals surface area contributed by atoms with E-state index in [9.17, 15) is 0 Å². The van der Waals surface area contributed by atoms with E-state index in [1.165, 1.54) is 19.3 Å². The van der Waals surface area contributed by atoms with Crippen molar-refractivity contribution in [1.82, 2.24) is 0 Å². The Morgan fingerprint density at radius 2 is 2.00 bits per heavy atom. The molecule has 0 saturated heterocycles. The molecule has 0 N–H and O–H groups in total. The maximum atomic E-state index is 4.88. The first-order valence-electron chi connectivity index (χ1n) is 3.43. The number of allylic oxidation sites excluding steroid dienone is 3. The third-order valence-corrected chi connectivity index (χ3v) is 0.997. The number of hydrogen-bond acceptors (Lipinski definition) is 0. The molecule has 0 fully saturated rings. The average molecular weight is 376 g/mol. The molecule has 0 nitrogen and oxygen atoms in total. The van der Waals surface area contributed by atoms with Crippen LogP contribution in [0.5, 0.6) is 0 Å². The first-order valence-corrected chi connectivity index (χ1v) is 9.06. The molecule has 0 aromatic heterocycles. The maximum absolute atomic E-state index is 4.88. The molecule has 0 aliphatic carbocycles. The summed E-state index contributed by atoms with van der Waals surface area (Å²) in [4.78, 5) is 0. The number of halogens is 2. The quantitative estimate of drug-likeness (QED) is 0.507. The SMILES string of the molecule is C=CC=CCCCC.[Cl][Pt][Cl]. The van der Waals surface area contributed by atoms with Crippen molar-refractivity contribution in [1.29, 1.82) is 0 Å². The van der Waals surface area contributed by atoms with Crippen LogP contribution in [-0.2, 0) is 16.5 Å². The van der Waals surface area contributed by atoms with E-state index in [-0.39, 0.29) is 0 Å². The Labute approximate surface area is 86.0 Å². The zero-order valence-corrected chi connectivity index (χ0v) is 10.4. The van der Waals surface area contributed by atoms with Crippen LogP contribution >= 0.6 is 18.8 Å². The van der Waals surface area contributed by atoms with Crippen LogP contribution in [0.25, 0.3) is 0 Å². The van der Waals surface area contributed by atoms with Gasteiger partial charge in [-0.3, -0.25) is 0 Å². The van der Waals surface area contributed by atoms with Crippen LogP contribution in [0.2, 0.25) is 0 Å². The predicted molar refractivity (Wildman–Crippen MR) is 50.6 cm³/mol. The van der Waals surface area contributed by atoms with E-state index in [0.29, 0.717) is 0 Å². The molecular weight excluding hydrogens is 362 g/mol. The zero-order valence-electron chi connectivity index (χ0n) is 6.63. The van der Waals surface area contributed by atoms with Crippen LogP contribution in [-0.4, -0.2) is 0 Å². The van der Waals surface area contributed by atoms with Gasteiger partial charge < -0.3 is 0 Å². The minimum absolute atomic E-state index is 0.472. The molecule has 0 heterocycles. The van der Waals surface area contributed by atoms with E-state index in [0.717, 1.165) is 0 Å². The van der Waals surface area contributed by atoms with E-state index < -0.39 is 16.5 Å². The standard InChI is InChI=1S/C8H14.2ClH.Pt/c1-3-5-7-8-6-4-2;;;/h3,5,7H,1,4,6,8H2,2H3;2*1H;/q;;;+2/p-2. The third-order valence-electron chi connectivity index (χ3n) is 0.997. The molecule has 0 amide bonds. The molecular formula is C8H14Cl2Pt. The summed E-state index contributed by atoms with van der Waals surface area (Å²) in [6.07, 6.45) is 9.73. The fraction of sp³-hybridized carbons (Fsp3) is 0.500. The number of hydrogen-bond donors (Lipinski definition) is 0. The molecule has 0 radical (unpaired) electrons. The van der Waals surface area contributed by atoms with Gasteiger partial charge in [0.2, 0.25) is 0 Å². The van der Waals surface area contributed by atoms with Crippen molar-refractivity contribution in [3.63, 3.8) is 0 Å². The summed E-state index contributed by atoms with van der Waals surface area (Å²) in [5.74, 6) is 0. The summed E-state index contributed by atoms with van der Waals surface area (Å²) in [7, 11) is 9.75. The van der Waals surface area contributed by atoms with Crippen molar-refractivity contribution in [3.05, 3.63) is 24.8 Å². The summed E-state index contributed by atoms with van der Waals surface area (Å²) in [6, 6.07) is 0. The summed E-state index contributed by atoms with van der Waals surface area (Å²) in [6.45, 7) is 5.77. The molecule has 70 valence electrons. The summed E-state index contributed by atoms with van der Waals surface area (Å²) >= 11 is -0.472.